The highest BCUT2D eigenvalue weighted by molar-refractivity contribution is 6.18. The number of anilines is 1. The van der Waals surface area contributed by atoms with E-state index in [0.29, 0.717) is 11.8 Å². The molecule has 0 amide bonds. The van der Waals surface area contributed by atoms with Gasteiger partial charge in [0, 0.05) is 24.0 Å². The second-order valence-corrected chi connectivity index (χ2v) is 5.86. The molecular weight excluding hydrogens is 272 g/mol. The van der Waals surface area contributed by atoms with Gasteiger partial charge >= 0.3 is 0 Å². The smallest absolute Gasteiger partial charge is 0.133 e. The highest BCUT2D eigenvalue weighted by Crippen LogP contribution is 2.33. The van der Waals surface area contributed by atoms with Gasteiger partial charge in [-0.1, -0.05) is 12.5 Å². The molecule has 0 radical (unpaired) electrons. The molecule has 1 fully saturated rings. The van der Waals surface area contributed by atoms with Crippen LogP contribution in [0.2, 0.25) is 0 Å². The topological polar surface area (TPSA) is 45.2 Å². The molecule has 2 aromatic rings. The zero-order valence-corrected chi connectivity index (χ0v) is 12.1. The van der Waals surface area contributed by atoms with Crippen LogP contribution in [-0.2, 0) is 0 Å². The summed E-state index contributed by atoms with van der Waals surface area (Å²) in [5, 5.41) is 15.1. The average Bonchev–Trinajstić information content (AvgIpc) is 2.92. The predicted molar refractivity (Wildman–Crippen MR) is 83.4 cm³/mol. The lowest BCUT2D eigenvalue weighted by molar-refractivity contribution is 0.444. The molecule has 1 aliphatic rings. The number of nitrogens with zero attached hydrogens (tertiary/aromatic N) is 1. The fraction of sp³-hybridized carbons (Fsp3) is 0.438. The Kier molecular flexibility index (Phi) is 3.97. The molecule has 106 valence electrons. The standard InChI is InChI=1S/C16H19ClN2O/c17-9-12-2-1-3-13(12)10-19-16-15-8-14(20)5-4-11(15)6-7-18-16/h4-8,12-13,20H,1-3,9-10H2,(H,18,19). The first kappa shape index (κ1) is 13.5. The van der Waals surface area contributed by atoms with Crippen molar-refractivity contribution in [3.63, 3.8) is 0 Å². The van der Waals surface area contributed by atoms with Gasteiger partial charge < -0.3 is 10.4 Å². The number of phenolic OH excluding ortho intramolecular Hbond substituents is 1. The van der Waals surface area contributed by atoms with Crippen molar-refractivity contribution in [1.29, 1.82) is 0 Å². The number of halogens is 1. The van der Waals surface area contributed by atoms with Gasteiger partial charge in [0.25, 0.3) is 0 Å². The molecule has 2 unspecified atom stereocenters. The Morgan fingerprint density at radius 3 is 2.95 bits per heavy atom. The third kappa shape index (κ3) is 2.68. The van der Waals surface area contributed by atoms with Crippen molar-refractivity contribution >= 4 is 28.2 Å². The van der Waals surface area contributed by atoms with E-state index in [1.165, 1.54) is 19.3 Å². The maximum atomic E-state index is 9.64. The number of hydrogen-bond acceptors (Lipinski definition) is 3. The molecular formula is C16H19ClN2O. The number of benzene rings is 1. The maximum Gasteiger partial charge on any atom is 0.133 e. The fourth-order valence-electron chi connectivity index (χ4n) is 3.11. The lowest BCUT2D eigenvalue weighted by Crippen LogP contribution is -2.19. The van der Waals surface area contributed by atoms with E-state index in [2.05, 4.69) is 10.3 Å². The highest BCUT2D eigenvalue weighted by atomic mass is 35.5. The molecule has 0 bridgehead atoms. The second-order valence-electron chi connectivity index (χ2n) is 5.55. The SMILES string of the molecule is Oc1ccc2ccnc(NCC3CCCC3CCl)c2c1. The first-order valence-corrected chi connectivity index (χ1v) is 7.69. The Bertz CT molecular complexity index is 602. The molecule has 1 saturated carbocycles. The third-order valence-electron chi connectivity index (χ3n) is 4.30. The Morgan fingerprint density at radius 2 is 2.10 bits per heavy atom. The second kappa shape index (κ2) is 5.88. The van der Waals surface area contributed by atoms with Crippen LogP contribution in [0.5, 0.6) is 5.75 Å². The molecule has 0 aliphatic heterocycles. The summed E-state index contributed by atoms with van der Waals surface area (Å²) in [4.78, 5) is 4.40. The number of pyridine rings is 1. The van der Waals surface area contributed by atoms with Gasteiger partial charge in [0.1, 0.15) is 11.6 Å². The average molecular weight is 291 g/mol. The van der Waals surface area contributed by atoms with Crippen LogP contribution < -0.4 is 5.32 Å². The Labute approximate surface area is 124 Å². The van der Waals surface area contributed by atoms with Crippen molar-refractivity contribution in [2.24, 2.45) is 11.8 Å². The number of fused-ring (bicyclic) bond motifs is 1. The Morgan fingerprint density at radius 1 is 1.25 bits per heavy atom. The zero-order valence-electron chi connectivity index (χ0n) is 11.3. The summed E-state index contributed by atoms with van der Waals surface area (Å²) in [6, 6.07) is 7.33. The Balaban J connectivity index is 1.79. The van der Waals surface area contributed by atoms with E-state index in [-0.39, 0.29) is 5.75 Å². The number of hydrogen-bond donors (Lipinski definition) is 2. The normalized spacial score (nSPS) is 22.2. The number of nitrogens with one attached hydrogen (secondary N) is 1. The van der Waals surface area contributed by atoms with Crippen LogP contribution in [0.1, 0.15) is 19.3 Å². The van der Waals surface area contributed by atoms with E-state index in [1.807, 2.05) is 12.1 Å². The number of phenols is 1. The van der Waals surface area contributed by atoms with Gasteiger partial charge in [0.05, 0.1) is 0 Å². The van der Waals surface area contributed by atoms with Crippen LogP contribution in [0.15, 0.2) is 30.5 Å². The van der Waals surface area contributed by atoms with Crippen molar-refractivity contribution in [2.45, 2.75) is 19.3 Å². The van der Waals surface area contributed by atoms with Gasteiger partial charge in [-0.05, 0) is 48.3 Å². The van der Waals surface area contributed by atoms with Crippen molar-refractivity contribution in [2.75, 3.05) is 17.7 Å². The number of alkyl halides is 1. The van der Waals surface area contributed by atoms with E-state index in [1.54, 1.807) is 18.3 Å². The first-order chi connectivity index (χ1) is 9.78. The van der Waals surface area contributed by atoms with E-state index in [9.17, 15) is 5.11 Å². The quantitative estimate of drug-likeness (QED) is 0.836. The number of aromatic nitrogens is 1. The summed E-state index contributed by atoms with van der Waals surface area (Å²) in [6.45, 7) is 0.902. The van der Waals surface area contributed by atoms with Gasteiger partial charge in [-0.15, -0.1) is 11.6 Å². The molecule has 2 N–H and O–H groups in total. The fourth-order valence-corrected chi connectivity index (χ4v) is 3.52. The van der Waals surface area contributed by atoms with Gasteiger partial charge in [-0.25, -0.2) is 4.98 Å². The summed E-state index contributed by atoms with van der Waals surface area (Å²) in [6.07, 6.45) is 5.54. The molecule has 1 heterocycles. The summed E-state index contributed by atoms with van der Waals surface area (Å²) in [7, 11) is 0. The molecule has 3 nitrogen and oxygen atoms in total. The number of rotatable bonds is 4. The van der Waals surface area contributed by atoms with Crippen molar-refractivity contribution in [3.8, 4) is 5.75 Å². The summed E-state index contributed by atoms with van der Waals surface area (Å²) >= 11 is 6.02. The van der Waals surface area contributed by atoms with Crippen molar-refractivity contribution < 1.29 is 5.11 Å². The lowest BCUT2D eigenvalue weighted by Gasteiger charge is -2.18. The van der Waals surface area contributed by atoms with Crippen molar-refractivity contribution in [3.05, 3.63) is 30.5 Å². The molecule has 0 saturated heterocycles. The van der Waals surface area contributed by atoms with Crippen LogP contribution in [-0.4, -0.2) is 22.5 Å². The maximum absolute atomic E-state index is 9.64. The minimum Gasteiger partial charge on any atom is -0.508 e. The minimum absolute atomic E-state index is 0.271. The minimum atomic E-state index is 0.271. The molecule has 0 spiro atoms. The predicted octanol–water partition coefficient (Wildman–Crippen LogP) is 4.01. The first-order valence-electron chi connectivity index (χ1n) is 7.15. The number of aromatic hydroxyl groups is 1. The van der Waals surface area contributed by atoms with Gasteiger partial charge in [-0.3, -0.25) is 0 Å². The van der Waals surface area contributed by atoms with Crippen molar-refractivity contribution in [1.82, 2.24) is 4.98 Å². The van der Waals surface area contributed by atoms with E-state index >= 15 is 0 Å². The molecule has 3 rings (SSSR count). The zero-order chi connectivity index (χ0) is 13.9. The summed E-state index contributed by atoms with van der Waals surface area (Å²) < 4.78 is 0. The largest absolute Gasteiger partial charge is 0.508 e. The van der Waals surface area contributed by atoms with Gasteiger partial charge in [0.2, 0.25) is 0 Å². The van der Waals surface area contributed by atoms with E-state index in [4.69, 9.17) is 11.6 Å². The van der Waals surface area contributed by atoms with Crippen LogP contribution in [0.3, 0.4) is 0 Å². The summed E-state index contributed by atoms with van der Waals surface area (Å²) in [5.74, 6) is 3.11. The molecule has 2 atom stereocenters. The van der Waals surface area contributed by atoms with Gasteiger partial charge in [0.15, 0.2) is 0 Å². The van der Waals surface area contributed by atoms with E-state index < -0.39 is 0 Å². The molecule has 1 aromatic carbocycles. The monoisotopic (exact) mass is 290 g/mol. The van der Waals surface area contributed by atoms with Crippen LogP contribution >= 0.6 is 11.6 Å². The van der Waals surface area contributed by atoms with Crippen LogP contribution in [0.4, 0.5) is 5.82 Å². The molecule has 1 aliphatic carbocycles. The van der Waals surface area contributed by atoms with Crippen LogP contribution in [0.25, 0.3) is 10.8 Å². The molecule has 4 heteroatoms. The lowest BCUT2D eigenvalue weighted by atomic mass is 9.98. The van der Waals surface area contributed by atoms with E-state index in [0.717, 1.165) is 29.0 Å². The Hall–Kier alpha value is -1.48. The highest BCUT2D eigenvalue weighted by Gasteiger charge is 2.26. The van der Waals surface area contributed by atoms with Crippen LogP contribution in [0, 0.1) is 11.8 Å². The molecule has 20 heavy (non-hydrogen) atoms. The summed E-state index contributed by atoms with van der Waals surface area (Å²) in [5.41, 5.74) is 0. The third-order valence-corrected chi connectivity index (χ3v) is 4.69. The van der Waals surface area contributed by atoms with Gasteiger partial charge in [-0.2, -0.15) is 0 Å². The molecule has 1 aromatic heterocycles.